The highest BCUT2D eigenvalue weighted by Crippen LogP contribution is 2.14. The van der Waals surface area contributed by atoms with Gasteiger partial charge in [0.05, 0.1) is 6.10 Å². The summed E-state index contributed by atoms with van der Waals surface area (Å²) in [7, 11) is 0. The van der Waals surface area contributed by atoms with Gasteiger partial charge in [-0.15, -0.1) is 0 Å². The Morgan fingerprint density at radius 3 is 3.00 bits per heavy atom. The zero-order chi connectivity index (χ0) is 9.52. The van der Waals surface area contributed by atoms with E-state index in [0.717, 1.165) is 18.9 Å². The molecule has 1 aliphatic rings. The first-order chi connectivity index (χ1) is 6.33. The normalized spacial score (nSPS) is 25.8. The molecule has 13 heavy (non-hydrogen) atoms. The van der Waals surface area contributed by atoms with Gasteiger partial charge in [-0.25, -0.2) is 0 Å². The molecule has 1 heterocycles. The highest BCUT2D eigenvalue weighted by atomic mass is 16.5. The summed E-state index contributed by atoms with van der Waals surface area (Å²) in [6.07, 6.45) is 5.53. The summed E-state index contributed by atoms with van der Waals surface area (Å²) >= 11 is 0. The summed E-state index contributed by atoms with van der Waals surface area (Å²) in [5.74, 6) is 0.859. The Kier molecular flexibility index (Phi) is 5.40. The van der Waals surface area contributed by atoms with Gasteiger partial charge >= 0.3 is 0 Å². The lowest BCUT2D eigenvalue weighted by molar-refractivity contribution is 0.0522. The molecule has 0 bridgehead atoms. The monoisotopic (exact) mass is 185 g/mol. The number of ether oxygens (including phenoxy) is 1. The van der Waals surface area contributed by atoms with Gasteiger partial charge in [-0.05, 0) is 51.6 Å². The standard InChI is InChI=1S/C11H23NO/c1-3-10(2)13-8-6-11-5-4-7-12-9-11/h10-12H,3-9H2,1-2H3. The maximum absolute atomic E-state index is 5.67. The molecule has 78 valence electrons. The predicted molar refractivity (Wildman–Crippen MR) is 55.9 cm³/mol. The number of hydrogen-bond donors (Lipinski definition) is 1. The van der Waals surface area contributed by atoms with E-state index in [1.807, 2.05) is 0 Å². The molecule has 0 saturated carbocycles. The fraction of sp³-hybridized carbons (Fsp3) is 1.00. The van der Waals surface area contributed by atoms with Crippen molar-refractivity contribution in [2.75, 3.05) is 19.7 Å². The molecule has 1 aliphatic heterocycles. The van der Waals surface area contributed by atoms with Gasteiger partial charge in [0.15, 0.2) is 0 Å². The van der Waals surface area contributed by atoms with Crippen LogP contribution in [0.3, 0.4) is 0 Å². The first-order valence-electron chi connectivity index (χ1n) is 5.65. The van der Waals surface area contributed by atoms with Crippen molar-refractivity contribution < 1.29 is 4.74 Å². The van der Waals surface area contributed by atoms with Gasteiger partial charge in [-0.3, -0.25) is 0 Å². The molecule has 0 radical (unpaired) electrons. The Morgan fingerprint density at radius 1 is 1.54 bits per heavy atom. The largest absolute Gasteiger partial charge is 0.379 e. The highest BCUT2D eigenvalue weighted by molar-refractivity contribution is 4.68. The minimum absolute atomic E-state index is 0.441. The van der Waals surface area contributed by atoms with Crippen LogP contribution in [0.4, 0.5) is 0 Å². The lowest BCUT2D eigenvalue weighted by Crippen LogP contribution is -2.30. The Balaban J connectivity index is 1.98. The molecule has 2 atom stereocenters. The SMILES string of the molecule is CCC(C)OCCC1CCCNC1. The van der Waals surface area contributed by atoms with E-state index in [2.05, 4.69) is 19.2 Å². The van der Waals surface area contributed by atoms with Crippen LogP contribution in [0.1, 0.15) is 39.5 Å². The molecule has 0 aliphatic carbocycles. The summed E-state index contributed by atoms with van der Waals surface area (Å²) in [4.78, 5) is 0. The number of rotatable bonds is 5. The molecule has 1 saturated heterocycles. The van der Waals surface area contributed by atoms with Gasteiger partial charge in [0, 0.05) is 6.61 Å². The average Bonchev–Trinajstić information content (AvgIpc) is 2.19. The van der Waals surface area contributed by atoms with Crippen LogP contribution in [-0.4, -0.2) is 25.8 Å². The highest BCUT2D eigenvalue weighted by Gasteiger charge is 2.12. The summed E-state index contributed by atoms with van der Waals surface area (Å²) < 4.78 is 5.67. The first kappa shape index (κ1) is 11.0. The molecule has 2 unspecified atom stereocenters. The van der Waals surface area contributed by atoms with Crippen LogP contribution in [0.15, 0.2) is 0 Å². The Labute approximate surface area is 82.0 Å². The van der Waals surface area contributed by atoms with Gasteiger partial charge in [0.2, 0.25) is 0 Å². The van der Waals surface area contributed by atoms with Gasteiger partial charge < -0.3 is 10.1 Å². The van der Waals surface area contributed by atoms with E-state index < -0.39 is 0 Å². The minimum Gasteiger partial charge on any atom is -0.379 e. The molecular weight excluding hydrogens is 162 g/mol. The van der Waals surface area contributed by atoms with Crippen molar-refractivity contribution >= 4 is 0 Å². The van der Waals surface area contributed by atoms with E-state index in [-0.39, 0.29) is 0 Å². The zero-order valence-corrected chi connectivity index (χ0v) is 9.01. The fourth-order valence-corrected chi connectivity index (χ4v) is 1.72. The van der Waals surface area contributed by atoms with E-state index in [1.54, 1.807) is 0 Å². The van der Waals surface area contributed by atoms with Crippen molar-refractivity contribution in [3.05, 3.63) is 0 Å². The smallest absolute Gasteiger partial charge is 0.0544 e. The maximum Gasteiger partial charge on any atom is 0.0544 e. The van der Waals surface area contributed by atoms with E-state index in [9.17, 15) is 0 Å². The van der Waals surface area contributed by atoms with Crippen molar-refractivity contribution in [2.24, 2.45) is 5.92 Å². The molecule has 0 amide bonds. The Hall–Kier alpha value is -0.0800. The predicted octanol–water partition coefficient (Wildman–Crippen LogP) is 2.19. The lowest BCUT2D eigenvalue weighted by Gasteiger charge is -2.23. The third-order valence-corrected chi connectivity index (χ3v) is 2.90. The first-order valence-corrected chi connectivity index (χ1v) is 5.65. The quantitative estimate of drug-likeness (QED) is 0.709. The van der Waals surface area contributed by atoms with Crippen LogP contribution in [0, 0.1) is 5.92 Å². The summed E-state index contributed by atoms with van der Waals surface area (Å²) in [5.41, 5.74) is 0. The summed E-state index contributed by atoms with van der Waals surface area (Å²) in [6.45, 7) is 7.68. The van der Waals surface area contributed by atoms with Crippen molar-refractivity contribution in [3.8, 4) is 0 Å². The van der Waals surface area contributed by atoms with Crippen molar-refractivity contribution in [1.29, 1.82) is 0 Å². The number of piperidine rings is 1. The van der Waals surface area contributed by atoms with E-state index in [4.69, 9.17) is 4.74 Å². The van der Waals surface area contributed by atoms with Crippen molar-refractivity contribution in [2.45, 2.75) is 45.6 Å². The summed E-state index contributed by atoms with van der Waals surface area (Å²) in [6, 6.07) is 0. The van der Waals surface area contributed by atoms with Gasteiger partial charge in [-0.1, -0.05) is 6.92 Å². The average molecular weight is 185 g/mol. The number of hydrogen-bond acceptors (Lipinski definition) is 2. The van der Waals surface area contributed by atoms with Gasteiger partial charge in [-0.2, -0.15) is 0 Å². The van der Waals surface area contributed by atoms with E-state index in [0.29, 0.717) is 6.10 Å². The molecule has 1 fully saturated rings. The maximum atomic E-state index is 5.67. The third kappa shape index (κ3) is 4.63. The minimum atomic E-state index is 0.441. The Morgan fingerprint density at radius 2 is 2.38 bits per heavy atom. The summed E-state index contributed by atoms with van der Waals surface area (Å²) in [5, 5.41) is 3.43. The van der Waals surface area contributed by atoms with Crippen LogP contribution in [-0.2, 0) is 4.74 Å². The molecule has 0 spiro atoms. The van der Waals surface area contributed by atoms with Crippen LogP contribution in [0.5, 0.6) is 0 Å². The van der Waals surface area contributed by atoms with Crippen molar-refractivity contribution in [1.82, 2.24) is 5.32 Å². The van der Waals surface area contributed by atoms with Crippen LogP contribution < -0.4 is 5.32 Å². The van der Waals surface area contributed by atoms with E-state index >= 15 is 0 Å². The van der Waals surface area contributed by atoms with Gasteiger partial charge in [0.1, 0.15) is 0 Å². The van der Waals surface area contributed by atoms with Gasteiger partial charge in [0.25, 0.3) is 0 Å². The second-order valence-corrected chi connectivity index (χ2v) is 4.09. The second-order valence-electron chi connectivity index (χ2n) is 4.09. The molecule has 0 aromatic carbocycles. The molecule has 0 aromatic heterocycles. The molecule has 1 rings (SSSR count). The van der Waals surface area contributed by atoms with Crippen LogP contribution >= 0.6 is 0 Å². The zero-order valence-electron chi connectivity index (χ0n) is 9.01. The molecular formula is C11H23NO. The van der Waals surface area contributed by atoms with Crippen LogP contribution in [0.2, 0.25) is 0 Å². The third-order valence-electron chi connectivity index (χ3n) is 2.90. The number of nitrogens with one attached hydrogen (secondary N) is 1. The molecule has 2 nitrogen and oxygen atoms in total. The van der Waals surface area contributed by atoms with Crippen LogP contribution in [0.25, 0.3) is 0 Å². The fourth-order valence-electron chi connectivity index (χ4n) is 1.72. The molecule has 1 N–H and O–H groups in total. The second kappa shape index (κ2) is 6.39. The molecule has 0 aromatic rings. The Bertz CT molecular complexity index is 121. The topological polar surface area (TPSA) is 21.3 Å². The van der Waals surface area contributed by atoms with Crippen molar-refractivity contribution in [3.63, 3.8) is 0 Å². The lowest BCUT2D eigenvalue weighted by atomic mass is 9.97. The van der Waals surface area contributed by atoms with E-state index in [1.165, 1.54) is 32.4 Å². The molecule has 2 heteroatoms.